The normalized spacial score (nSPS) is 12.5. The largest absolute Gasteiger partial charge is 0.493 e. The fourth-order valence-electron chi connectivity index (χ4n) is 3.07. The number of hydrogen-bond acceptors (Lipinski definition) is 5. The smallest absolute Gasteiger partial charge is 0.338 e. The number of ether oxygens (including phenoxy) is 3. The summed E-state index contributed by atoms with van der Waals surface area (Å²) in [6.45, 7) is 2.69. The van der Waals surface area contributed by atoms with Crippen LogP contribution in [0.2, 0.25) is 5.02 Å². The van der Waals surface area contributed by atoms with Crippen molar-refractivity contribution >= 4 is 29.2 Å². The average molecular weight is 404 g/mol. The highest BCUT2D eigenvalue weighted by molar-refractivity contribution is 6.32. The van der Waals surface area contributed by atoms with Crippen LogP contribution in [0, 0.1) is 0 Å². The van der Waals surface area contributed by atoms with E-state index < -0.39 is 5.97 Å². The Labute approximate surface area is 168 Å². The second kappa shape index (κ2) is 8.97. The molecule has 0 radical (unpaired) electrons. The number of hydrogen-bond donors (Lipinski definition) is 0. The number of rotatable bonds is 7. The zero-order valence-electron chi connectivity index (χ0n) is 15.9. The first-order chi connectivity index (χ1) is 13.5. The monoisotopic (exact) mass is 403 g/mol. The number of benzene rings is 2. The SMILES string of the molecule is CCCOc1c(Cl)cc(C(=O)OCC(=O)N2CCc3ccccc32)cc1OC. The first kappa shape index (κ1) is 20.0. The zero-order valence-corrected chi connectivity index (χ0v) is 16.6. The number of esters is 1. The molecule has 0 aliphatic carbocycles. The summed E-state index contributed by atoms with van der Waals surface area (Å²) in [7, 11) is 1.47. The molecule has 2 aromatic rings. The van der Waals surface area contributed by atoms with Gasteiger partial charge in [0, 0.05) is 12.2 Å². The molecule has 1 amide bonds. The standard InChI is InChI=1S/C21H22ClNO5/c1-3-10-27-20-16(22)11-15(12-18(20)26-2)21(25)28-13-19(24)23-9-8-14-6-4-5-7-17(14)23/h4-7,11-12H,3,8-10,13H2,1-2H3. The van der Waals surface area contributed by atoms with Crippen molar-refractivity contribution in [1.82, 2.24) is 0 Å². The van der Waals surface area contributed by atoms with E-state index in [4.69, 9.17) is 25.8 Å². The Kier molecular flexibility index (Phi) is 6.41. The molecule has 28 heavy (non-hydrogen) atoms. The number of halogens is 1. The fourth-order valence-corrected chi connectivity index (χ4v) is 3.33. The van der Waals surface area contributed by atoms with E-state index in [2.05, 4.69) is 0 Å². The molecule has 0 spiro atoms. The van der Waals surface area contributed by atoms with Crippen molar-refractivity contribution in [2.45, 2.75) is 19.8 Å². The third-order valence-electron chi connectivity index (χ3n) is 4.43. The third kappa shape index (κ3) is 4.22. The van der Waals surface area contributed by atoms with Gasteiger partial charge in [-0.25, -0.2) is 4.79 Å². The van der Waals surface area contributed by atoms with Crippen molar-refractivity contribution < 1.29 is 23.8 Å². The van der Waals surface area contributed by atoms with Crippen LogP contribution in [-0.4, -0.2) is 38.7 Å². The molecular weight excluding hydrogens is 382 g/mol. The number of para-hydroxylation sites is 1. The third-order valence-corrected chi connectivity index (χ3v) is 4.71. The summed E-state index contributed by atoms with van der Waals surface area (Å²) in [6.07, 6.45) is 1.60. The molecular formula is C21H22ClNO5. The lowest BCUT2D eigenvalue weighted by Gasteiger charge is -2.17. The summed E-state index contributed by atoms with van der Waals surface area (Å²) >= 11 is 6.23. The van der Waals surface area contributed by atoms with Crippen LogP contribution in [0.1, 0.15) is 29.3 Å². The van der Waals surface area contributed by atoms with Gasteiger partial charge in [-0.05, 0) is 36.6 Å². The lowest BCUT2D eigenvalue weighted by atomic mass is 10.2. The Bertz CT molecular complexity index is 883. The molecule has 1 aliphatic heterocycles. The van der Waals surface area contributed by atoms with Gasteiger partial charge >= 0.3 is 5.97 Å². The maximum atomic E-state index is 12.5. The van der Waals surface area contributed by atoms with E-state index in [1.165, 1.54) is 19.2 Å². The van der Waals surface area contributed by atoms with Crippen molar-refractivity contribution in [2.75, 3.05) is 31.8 Å². The van der Waals surface area contributed by atoms with Crippen LogP contribution in [0.25, 0.3) is 0 Å². The van der Waals surface area contributed by atoms with Crippen LogP contribution in [0.15, 0.2) is 36.4 Å². The Morgan fingerprint density at radius 2 is 2.00 bits per heavy atom. The molecule has 0 unspecified atom stereocenters. The van der Waals surface area contributed by atoms with E-state index in [0.29, 0.717) is 24.7 Å². The van der Waals surface area contributed by atoms with E-state index in [0.717, 1.165) is 24.1 Å². The van der Waals surface area contributed by atoms with Crippen LogP contribution in [0.4, 0.5) is 5.69 Å². The maximum Gasteiger partial charge on any atom is 0.338 e. The minimum atomic E-state index is -0.650. The minimum absolute atomic E-state index is 0.195. The van der Waals surface area contributed by atoms with Gasteiger partial charge in [-0.3, -0.25) is 4.79 Å². The van der Waals surface area contributed by atoms with Crippen molar-refractivity contribution in [3.05, 3.63) is 52.5 Å². The van der Waals surface area contributed by atoms with Gasteiger partial charge in [0.1, 0.15) is 0 Å². The van der Waals surface area contributed by atoms with Crippen LogP contribution in [0.3, 0.4) is 0 Å². The number of anilines is 1. The molecule has 0 fully saturated rings. The van der Waals surface area contributed by atoms with Gasteiger partial charge in [0.25, 0.3) is 5.91 Å². The van der Waals surface area contributed by atoms with Gasteiger partial charge in [-0.1, -0.05) is 36.7 Å². The van der Waals surface area contributed by atoms with Crippen molar-refractivity contribution in [1.29, 1.82) is 0 Å². The summed E-state index contributed by atoms with van der Waals surface area (Å²) in [6, 6.07) is 10.7. The van der Waals surface area contributed by atoms with E-state index in [-0.39, 0.29) is 23.1 Å². The summed E-state index contributed by atoms with van der Waals surface area (Å²) in [5.41, 5.74) is 2.17. The van der Waals surface area contributed by atoms with Crippen LogP contribution < -0.4 is 14.4 Å². The summed E-state index contributed by atoms with van der Waals surface area (Å²) in [4.78, 5) is 26.5. The number of amides is 1. The van der Waals surface area contributed by atoms with Crippen LogP contribution in [0.5, 0.6) is 11.5 Å². The van der Waals surface area contributed by atoms with Crippen molar-refractivity contribution in [3.8, 4) is 11.5 Å². The number of fused-ring (bicyclic) bond motifs is 1. The highest BCUT2D eigenvalue weighted by atomic mass is 35.5. The molecule has 6 nitrogen and oxygen atoms in total. The molecule has 0 saturated carbocycles. The molecule has 0 N–H and O–H groups in total. The zero-order chi connectivity index (χ0) is 20.1. The highest BCUT2D eigenvalue weighted by Crippen LogP contribution is 2.36. The molecule has 0 aromatic heterocycles. The molecule has 0 saturated heterocycles. The topological polar surface area (TPSA) is 65.1 Å². The summed E-state index contributed by atoms with van der Waals surface area (Å²) in [5, 5.41) is 0.250. The molecule has 148 valence electrons. The fraction of sp³-hybridized carbons (Fsp3) is 0.333. The average Bonchev–Trinajstić information content (AvgIpc) is 3.14. The summed E-state index contributed by atoms with van der Waals surface area (Å²) < 4.78 is 16.0. The van der Waals surface area contributed by atoms with E-state index in [1.54, 1.807) is 4.90 Å². The van der Waals surface area contributed by atoms with Crippen molar-refractivity contribution in [2.24, 2.45) is 0 Å². The number of nitrogens with zero attached hydrogens (tertiary/aromatic N) is 1. The maximum absolute atomic E-state index is 12.5. The predicted octanol–water partition coefficient (Wildman–Crippen LogP) is 3.88. The first-order valence-electron chi connectivity index (χ1n) is 9.10. The lowest BCUT2D eigenvalue weighted by molar-refractivity contribution is -0.121. The molecule has 3 rings (SSSR count). The summed E-state index contributed by atoms with van der Waals surface area (Å²) in [5.74, 6) is -0.192. The lowest BCUT2D eigenvalue weighted by Crippen LogP contribution is -2.33. The van der Waals surface area contributed by atoms with E-state index >= 15 is 0 Å². The van der Waals surface area contributed by atoms with Gasteiger partial charge in [0.05, 0.1) is 24.3 Å². The van der Waals surface area contributed by atoms with Crippen molar-refractivity contribution in [3.63, 3.8) is 0 Å². The molecule has 0 atom stereocenters. The van der Waals surface area contributed by atoms with Gasteiger partial charge in [-0.2, -0.15) is 0 Å². The van der Waals surface area contributed by atoms with Crippen LogP contribution in [-0.2, 0) is 16.0 Å². The molecule has 7 heteroatoms. The molecule has 1 heterocycles. The predicted molar refractivity (Wildman–Crippen MR) is 107 cm³/mol. The molecule has 0 bridgehead atoms. The van der Waals surface area contributed by atoms with Gasteiger partial charge in [-0.15, -0.1) is 0 Å². The highest BCUT2D eigenvalue weighted by Gasteiger charge is 2.25. The quantitative estimate of drug-likeness (QED) is 0.656. The number of methoxy groups -OCH3 is 1. The Hall–Kier alpha value is -2.73. The molecule has 2 aromatic carbocycles. The second-order valence-electron chi connectivity index (χ2n) is 6.34. The van der Waals surface area contributed by atoms with Gasteiger partial charge < -0.3 is 19.1 Å². The van der Waals surface area contributed by atoms with Gasteiger partial charge in [0.15, 0.2) is 18.1 Å². The second-order valence-corrected chi connectivity index (χ2v) is 6.75. The first-order valence-corrected chi connectivity index (χ1v) is 9.48. The minimum Gasteiger partial charge on any atom is -0.493 e. The Balaban J connectivity index is 1.66. The van der Waals surface area contributed by atoms with Gasteiger partial charge in [0.2, 0.25) is 0 Å². The number of carbonyl (C=O) groups is 2. The Morgan fingerprint density at radius 1 is 1.21 bits per heavy atom. The number of carbonyl (C=O) groups excluding carboxylic acids is 2. The van der Waals surface area contributed by atoms with Crippen LogP contribution >= 0.6 is 11.6 Å². The van der Waals surface area contributed by atoms with E-state index in [9.17, 15) is 9.59 Å². The molecule has 1 aliphatic rings. The van der Waals surface area contributed by atoms with E-state index in [1.807, 2.05) is 31.2 Å². The Morgan fingerprint density at radius 3 is 2.75 bits per heavy atom.